The number of alkyl halides is 1. The molecule has 0 radical (unpaired) electrons. The van der Waals surface area contributed by atoms with E-state index in [0.29, 0.717) is 25.1 Å². The summed E-state index contributed by atoms with van der Waals surface area (Å²) in [5.74, 6) is 0.791. The maximum absolute atomic E-state index is 12.7. The lowest BCUT2D eigenvalue weighted by Gasteiger charge is -2.33. The Kier molecular flexibility index (Phi) is 7.02. The van der Waals surface area contributed by atoms with E-state index in [1.54, 1.807) is 0 Å². The van der Waals surface area contributed by atoms with Gasteiger partial charge >= 0.3 is 0 Å². The maximum atomic E-state index is 12.7. The molecule has 0 bridgehead atoms. The molecule has 1 rings (SSSR count). The first-order valence-corrected chi connectivity index (χ1v) is 7.70. The zero-order valence-corrected chi connectivity index (χ0v) is 12.6. The van der Waals surface area contributed by atoms with Crippen LogP contribution in [0, 0.1) is 5.92 Å². The van der Waals surface area contributed by atoms with Gasteiger partial charge in [0.2, 0.25) is 5.91 Å². The minimum Gasteiger partial charge on any atom is -0.377 e. The van der Waals surface area contributed by atoms with E-state index in [1.165, 1.54) is 0 Å². The van der Waals surface area contributed by atoms with Crippen molar-refractivity contribution in [1.29, 1.82) is 0 Å². The summed E-state index contributed by atoms with van der Waals surface area (Å²) in [6, 6.07) is 0.314. The summed E-state index contributed by atoms with van der Waals surface area (Å²) in [7, 11) is 0. The lowest BCUT2D eigenvalue weighted by molar-refractivity contribution is -0.139. The average molecular weight is 276 g/mol. The number of amides is 1. The van der Waals surface area contributed by atoms with Gasteiger partial charge in [-0.1, -0.05) is 20.8 Å². The van der Waals surface area contributed by atoms with Gasteiger partial charge in [0.05, 0.1) is 12.0 Å². The van der Waals surface area contributed by atoms with Crippen molar-refractivity contribution in [3.8, 4) is 0 Å². The maximum Gasteiger partial charge on any atom is 0.228 e. The fraction of sp³-hybridized carbons (Fsp3) is 0.929. The van der Waals surface area contributed by atoms with E-state index in [4.69, 9.17) is 16.3 Å². The monoisotopic (exact) mass is 275 g/mol. The highest BCUT2D eigenvalue weighted by Crippen LogP contribution is 2.27. The van der Waals surface area contributed by atoms with Crippen LogP contribution in [0.5, 0.6) is 0 Å². The SMILES string of the molecule is CCC1OCCC1C(=O)N(CCCl)C(CC)CC. The number of nitrogens with zero attached hydrogens (tertiary/aromatic N) is 1. The van der Waals surface area contributed by atoms with Crippen molar-refractivity contribution in [1.82, 2.24) is 4.90 Å². The van der Waals surface area contributed by atoms with Crippen molar-refractivity contribution >= 4 is 17.5 Å². The van der Waals surface area contributed by atoms with Crippen LogP contribution in [0.4, 0.5) is 0 Å². The highest BCUT2D eigenvalue weighted by Gasteiger charge is 2.36. The molecule has 0 N–H and O–H groups in total. The number of hydrogen-bond donors (Lipinski definition) is 0. The highest BCUT2D eigenvalue weighted by atomic mass is 35.5. The minimum absolute atomic E-state index is 0.0406. The number of carbonyl (C=O) groups is 1. The van der Waals surface area contributed by atoms with E-state index in [9.17, 15) is 4.79 Å². The molecule has 106 valence electrons. The molecule has 1 fully saturated rings. The second kappa shape index (κ2) is 8.00. The standard InChI is InChI=1S/C14H26ClNO2/c1-4-11(5-2)16(9-8-15)14(17)12-7-10-18-13(12)6-3/h11-13H,4-10H2,1-3H3. The van der Waals surface area contributed by atoms with Crippen molar-refractivity contribution in [2.45, 2.75) is 58.6 Å². The fourth-order valence-electron chi connectivity index (χ4n) is 2.84. The first kappa shape index (κ1) is 15.8. The van der Waals surface area contributed by atoms with Crippen LogP contribution >= 0.6 is 11.6 Å². The third kappa shape index (κ3) is 3.61. The summed E-state index contributed by atoms with van der Waals surface area (Å²) in [5.41, 5.74) is 0. The second-order valence-electron chi connectivity index (χ2n) is 4.90. The molecule has 18 heavy (non-hydrogen) atoms. The summed E-state index contributed by atoms with van der Waals surface area (Å²) in [6.07, 6.45) is 3.85. The number of halogens is 1. The van der Waals surface area contributed by atoms with Crippen LogP contribution < -0.4 is 0 Å². The molecule has 4 heteroatoms. The molecule has 1 saturated heterocycles. The number of hydrogen-bond acceptors (Lipinski definition) is 2. The Labute approximate surface area is 116 Å². The van der Waals surface area contributed by atoms with Crippen molar-refractivity contribution in [2.24, 2.45) is 5.92 Å². The molecule has 3 nitrogen and oxygen atoms in total. The van der Waals surface area contributed by atoms with E-state index in [2.05, 4.69) is 20.8 Å². The smallest absolute Gasteiger partial charge is 0.228 e. The molecule has 0 saturated carbocycles. The Balaban J connectivity index is 2.74. The third-order valence-electron chi connectivity index (χ3n) is 3.92. The molecular weight excluding hydrogens is 250 g/mol. The molecule has 0 aromatic carbocycles. The van der Waals surface area contributed by atoms with E-state index >= 15 is 0 Å². The summed E-state index contributed by atoms with van der Waals surface area (Å²) < 4.78 is 5.63. The van der Waals surface area contributed by atoms with E-state index in [1.807, 2.05) is 4.90 Å². The van der Waals surface area contributed by atoms with Gasteiger partial charge in [0.15, 0.2) is 0 Å². The van der Waals surface area contributed by atoms with Gasteiger partial charge in [-0.25, -0.2) is 0 Å². The Morgan fingerprint density at radius 2 is 2.06 bits per heavy atom. The predicted octanol–water partition coefficient (Wildman–Crippen LogP) is 3.06. The van der Waals surface area contributed by atoms with Gasteiger partial charge in [-0.2, -0.15) is 0 Å². The van der Waals surface area contributed by atoms with E-state index in [0.717, 1.165) is 25.7 Å². The van der Waals surface area contributed by atoms with Crippen LogP contribution in [0.15, 0.2) is 0 Å². The molecule has 0 aromatic heterocycles. The summed E-state index contributed by atoms with van der Waals surface area (Å²) >= 11 is 5.85. The van der Waals surface area contributed by atoms with Gasteiger partial charge in [-0.15, -0.1) is 11.6 Å². The van der Waals surface area contributed by atoms with Gasteiger partial charge in [-0.3, -0.25) is 4.79 Å². The molecule has 1 heterocycles. The van der Waals surface area contributed by atoms with Crippen LogP contribution in [0.25, 0.3) is 0 Å². The van der Waals surface area contributed by atoms with Crippen LogP contribution in [0.3, 0.4) is 0 Å². The molecule has 2 atom stereocenters. The number of rotatable bonds is 7. The molecule has 1 aliphatic rings. The summed E-state index contributed by atoms with van der Waals surface area (Å²) in [6.45, 7) is 7.71. The topological polar surface area (TPSA) is 29.5 Å². The van der Waals surface area contributed by atoms with E-state index < -0.39 is 0 Å². The van der Waals surface area contributed by atoms with E-state index in [-0.39, 0.29) is 17.9 Å². The van der Waals surface area contributed by atoms with Crippen LogP contribution in [0.2, 0.25) is 0 Å². The largest absolute Gasteiger partial charge is 0.377 e. The molecule has 2 unspecified atom stereocenters. The minimum atomic E-state index is 0.0406. The lowest BCUT2D eigenvalue weighted by atomic mass is 9.96. The second-order valence-corrected chi connectivity index (χ2v) is 5.28. The Morgan fingerprint density at radius 1 is 1.39 bits per heavy atom. The van der Waals surface area contributed by atoms with Gasteiger partial charge in [0.1, 0.15) is 0 Å². The molecule has 0 aliphatic carbocycles. The Bertz CT molecular complexity index is 256. The van der Waals surface area contributed by atoms with Crippen molar-refractivity contribution in [3.63, 3.8) is 0 Å². The Hall–Kier alpha value is -0.280. The van der Waals surface area contributed by atoms with Gasteiger partial charge in [0, 0.05) is 25.1 Å². The van der Waals surface area contributed by atoms with Gasteiger partial charge in [-0.05, 0) is 25.7 Å². The van der Waals surface area contributed by atoms with Gasteiger partial charge in [0.25, 0.3) is 0 Å². The van der Waals surface area contributed by atoms with Crippen LogP contribution in [0.1, 0.15) is 46.5 Å². The third-order valence-corrected chi connectivity index (χ3v) is 4.09. The molecular formula is C14H26ClNO2. The number of carbonyl (C=O) groups excluding carboxylic acids is 1. The lowest BCUT2D eigenvalue weighted by Crippen LogP contribution is -2.46. The highest BCUT2D eigenvalue weighted by molar-refractivity contribution is 6.18. The molecule has 0 aromatic rings. The van der Waals surface area contributed by atoms with Crippen molar-refractivity contribution in [3.05, 3.63) is 0 Å². The van der Waals surface area contributed by atoms with Crippen LogP contribution in [-0.2, 0) is 9.53 Å². The van der Waals surface area contributed by atoms with Crippen molar-refractivity contribution < 1.29 is 9.53 Å². The zero-order chi connectivity index (χ0) is 13.5. The quantitative estimate of drug-likeness (QED) is 0.669. The molecule has 1 amide bonds. The zero-order valence-electron chi connectivity index (χ0n) is 11.8. The normalized spacial score (nSPS) is 23.6. The Morgan fingerprint density at radius 3 is 2.56 bits per heavy atom. The average Bonchev–Trinajstić information content (AvgIpc) is 2.86. The summed E-state index contributed by atoms with van der Waals surface area (Å²) in [5, 5.41) is 0. The first-order valence-electron chi connectivity index (χ1n) is 7.17. The van der Waals surface area contributed by atoms with Crippen LogP contribution in [-0.4, -0.2) is 42.0 Å². The molecule has 1 aliphatic heterocycles. The first-order chi connectivity index (χ1) is 8.69. The molecule has 0 spiro atoms. The fourth-order valence-corrected chi connectivity index (χ4v) is 3.02. The van der Waals surface area contributed by atoms with Gasteiger partial charge < -0.3 is 9.64 Å². The number of ether oxygens (including phenoxy) is 1. The summed E-state index contributed by atoms with van der Waals surface area (Å²) in [4.78, 5) is 14.6. The van der Waals surface area contributed by atoms with Crippen molar-refractivity contribution in [2.75, 3.05) is 19.0 Å². The predicted molar refractivity (Wildman–Crippen MR) is 74.9 cm³/mol.